The molecule has 0 unspecified atom stereocenters. The molecule has 1 heterocycles. The number of carboxylic acid groups (broad SMARTS) is 1. The van der Waals surface area contributed by atoms with Crippen LogP contribution in [0, 0.1) is 6.92 Å². The van der Waals surface area contributed by atoms with E-state index in [2.05, 4.69) is 25.1 Å². The summed E-state index contributed by atoms with van der Waals surface area (Å²) in [6.07, 6.45) is 2.80. The predicted octanol–water partition coefficient (Wildman–Crippen LogP) is 4.45. The van der Waals surface area contributed by atoms with Crippen molar-refractivity contribution < 1.29 is 9.90 Å². The minimum absolute atomic E-state index is 0.913. The zero-order valence-electron chi connectivity index (χ0n) is 10.5. The number of benzene rings is 1. The number of hydrogen-bond acceptors (Lipinski definition) is 3. The fraction of sp³-hybridized carbons (Fsp3) is 0.133. The molecule has 0 spiro atoms. The van der Waals surface area contributed by atoms with Gasteiger partial charge in [-0.2, -0.15) is 0 Å². The lowest BCUT2D eigenvalue weighted by Gasteiger charge is -2.03. The SMILES string of the molecule is Cc1ccccc1SCc1ccc(C=CC(=O)O)s1. The molecular weight excluding hydrogens is 276 g/mol. The van der Waals surface area contributed by atoms with E-state index >= 15 is 0 Å². The Balaban J connectivity index is 1.97. The van der Waals surface area contributed by atoms with Gasteiger partial charge in [0.05, 0.1) is 0 Å². The molecule has 2 aromatic rings. The van der Waals surface area contributed by atoms with Crippen LogP contribution in [0.4, 0.5) is 0 Å². The Morgan fingerprint density at radius 3 is 2.84 bits per heavy atom. The molecule has 2 rings (SSSR count). The van der Waals surface area contributed by atoms with Crippen molar-refractivity contribution in [3.05, 3.63) is 57.8 Å². The van der Waals surface area contributed by atoms with Crippen LogP contribution in [-0.4, -0.2) is 11.1 Å². The summed E-state index contributed by atoms with van der Waals surface area (Å²) < 4.78 is 0. The molecule has 0 saturated heterocycles. The van der Waals surface area contributed by atoms with Crippen LogP contribution in [0.15, 0.2) is 47.4 Å². The zero-order chi connectivity index (χ0) is 13.7. The molecular formula is C15H14O2S2. The van der Waals surface area contributed by atoms with Gasteiger partial charge in [-0.05, 0) is 36.8 Å². The van der Waals surface area contributed by atoms with E-state index in [4.69, 9.17) is 5.11 Å². The van der Waals surface area contributed by atoms with Crippen LogP contribution in [-0.2, 0) is 10.5 Å². The lowest BCUT2D eigenvalue weighted by atomic mass is 10.2. The van der Waals surface area contributed by atoms with E-state index in [1.165, 1.54) is 21.4 Å². The Morgan fingerprint density at radius 2 is 2.11 bits per heavy atom. The molecule has 0 aliphatic heterocycles. The first-order valence-corrected chi connectivity index (χ1v) is 7.63. The third-order valence-corrected chi connectivity index (χ3v) is 4.99. The van der Waals surface area contributed by atoms with Gasteiger partial charge in [0, 0.05) is 26.5 Å². The number of rotatable bonds is 5. The molecule has 0 fully saturated rings. The monoisotopic (exact) mass is 290 g/mol. The van der Waals surface area contributed by atoms with E-state index in [-0.39, 0.29) is 0 Å². The topological polar surface area (TPSA) is 37.3 Å². The number of aryl methyl sites for hydroxylation is 1. The smallest absolute Gasteiger partial charge is 0.328 e. The van der Waals surface area contributed by atoms with Gasteiger partial charge >= 0.3 is 5.97 Å². The van der Waals surface area contributed by atoms with Crippen LogP contribution in [0.2, 0.25) is 0 Å². The molecule has 0 atom stereocenters. The highest BCUT2D eigenvalue weighted by Crippen LogP contribution is 2.29. The summed E-state index contributed by atoms with van der Waals surface area (Å²) in [5.74, 6) is 0.000381. The summed E-state index contributed by atoms with van der Waals surface area (Å²) in [6, 6.07) is 12.3. The van der Waals surface area contributed by atoms with Gasteiger partial charge in [-0.1, -0.05) is 18.2 Å². The van der Waals surface area contributed by atoms with Crippen molar-refractivity contribution in [3.8, 4) is 0 Å². The van der Waals surface area contributed by atoms with Crippen LogP contribution in [0.3, 0.4) is 0 Å². The van der Waals surface area contributed by atoms with Gasteiger partial charge in [0.15, 0.2) is 0 Å². The lowest BCUT2D eigenvalue weighted by molar-refractivity contribution is -0.131. The Bertz CT molecular complexity index is 600. The van der Waals surface area contributed by atoms with Gasteiger partial charge in [-0.25, -0.2) is 4.79 Å². The molecule has 19 heavy (non-hydrogen) atoms. The maximum Gasteiger partial charge on any atom is 0.328 e. The molecule has 0 radical (unpaired) electrons. The van der Waals surface area contributed by atoms with Gasteiger partial charge in [-0.3, -0.25) is 0 Å². The van der Waals surface area contributed by atoms with Crippen LogP contribution >= 0.6 is 23.1 Å². The zero-order valence-corrected chi connectivity index (χ0v) is 12.1. The number of carbonyl (C=O) groups is 1. The molecule has 1 N–H and O–H groups in total. The molecule has 4 heteroatoms. The molecule has 98 valence electrons. The quantitative estimate of drug-likeness (QED) is 0.653. The summed E-state index contributed by atoms with van der Waals surface area (Å²) in [5.41, 5.74) is 1.29. The standard InChI is InChI=1S/C15H14O2S2/c1-11-4-2-3-5-14(11)18-10-13-7-6-12(19-13)8-9-15(16)17/h2-9H,10H2,1H3,(H,16,17). The Morgan fingerprint density at radius 1 is 1.32 bits per heavy atom. The van der Waals surface area contributed by atoms with Crippen LogP contribution < -0.4 is 0 Å². The van der Waals surface area contributed by atoms with Crippen molar-refractivity contribution in [1.82, 2.24) is 0 Å². The summed E-state index contributed by atoms with van der Waals surface area (Å²) in [4.78, 5) is 14.0. The Hall–Kier alpha value is -1.52. The van der Waals surface area contributed by atoms with Gasteiger partial charge in [0.1, 0.15) is 0 Å². The maximum absolute atomic E-state index is 10.4. The fourth-order valence-corrected chi connectivity index (χ4v) is 3.57. The summed E-state index contributed by atoms with van der Waals surface area (Å²) >= 11 is 3.44. The van der Waals surface area contributed by atoms with E-state index in [1.54, 1.807) is 17.4 Å². The first-order valence-electron chi connectivity index (χ1n) is 5.83. The molecule has 0 aliphatic carbocycles. The van der Waals surface area contributed by atoms with E-state index in [0.717, 1.165) is 10.6 Å². The van der Waals surface area contributed by atoms with Gasteiger partial charge in [0.25, 0.3) is 0 Å². The third-order valence-electron chi connectivity index (χ3n) is 2.54. The average molecular weight is 290 g/mol. The second kappa shape index (κ2) is 6.59. The summed E-state index contributed by atoms with van der Waals surface area (Å²) in [5, 5.41) is 8.58. The Labute approximate surface area is 120 Å². The molecule has 1 aromatic carbocycles. The van der Waals surface area contributed by atoms with Crippen LogP contribution in [0.1, 0.15) is 15.3 Å². The molecule has 2 nitrogen and oxygen atoms in total. The van der Waals surface area contributed by atoms with Crippen LogP contribution in [0.5, 0.6) is 0 Å². The summed E-state index contributed by atoms with van der Waals surface area (Å²) in [7, 11) is 0. The second-order valence-electron chi connectivity index (χ2n) is 4.03. The van der Waals surface area contributed by atoms with E-state index in [0.29, 0.717) is 0 Å². The molecule has 0 amide bonds. The van der Waals surface area contributed by atoms with E-state index < -0.39 is 5.97 Å². The number of thioether (sulfide) groups is 1. The van der Waals surface area contributed by atoms with Gasteiger partial charge in [0.2, 0.25) is 0 Å². The highest BCUT2D eigenvalue weighted by Gasteiger charge is 2.02. The third kappa shape index (κ3) is 4.26. The molecule has 0 aliphatic rings. The average Bonchev–Trinajstić information content (AvgIpc) is 2.83. The van der Waals surface area contributed by atoms with E-state index in [1.807, 2.05) is 30.0 Å². The van der Waals surface area contributed by atoms with Crippen LogP contribution in [0.25, 0.3) is 6.08 Å². The van der Waals surface area contributed by atoms with Crippen molar-refractivity contribution in [2.45, 2.75) is 17.6 Å². The summed E-state index contributed by atoms with van der Waals surface area (Å²) in [6.45, 7) is 2.11. The number of hydrogen-bond donors (Lipinski definition) is 1. The number of aliphatic carboxylic acids is 1. The van der Waals surface area contributed by atoms with Crippen molar-refractivity contribution >= 4 is 35.1 Å². The van der Waals surface area contributed by atoms with Crippen molar-refractivity contribution in [3.63, 3.8) is 0 Å². The minimum atomic E-state index is -0.913. The largest absolute Gasteiger partial charge is 0.478 e. The van der Waals surface area contributed by atoms with Crippen molar-refractivity contribution in [1.29, 1.82) is 0 Å². The molecule has 0 saturated carbocycles. The van der Waals surface area contributed by atoms with Gasteiger partial charge in [-0.15, -0.1) is 23.1 Å². The molecule has 1 aromatic heterocycles. The number of thiophene rings is 1. The Kier molecular flexibility index (Phi) is 4.82. The predicted molar refractivity (Wildman–Crippen MR) is 81.7 cm³/mol. The first-order chi connectivity index (χ1) is 9.15. The highest BCUT2D eigenvalue weighted by atomic mass is 32.2. The fourth-order valence-electron chi connectivity index (χ4n) is 1.58. The first kappa shape index (κ1) is 13.9. The molecule has 0 bridgehead atoms. The van der Waals surface area contributed by atoms with E-state index in [9.17, 15) is 4.79 Å². The van der Waals surface area contributed by atoms with Crippen molar-refractivity contribution in [2.75, 3.05) is 0 Å². The van der Waals surface area contributed by atoms with Crippen molar-refractivity contribution in [2.24, 2.45) is 0 Å². The normalized spacial score (nSPS) is 11.0. The number of carboxylic acids is 1. The van der Waals surface area contributed by atoms with Gasteiger partial charge < -0.3 is 5.11 Å². The minimum Gasteiger partial charge on any atom is -0.478 e. The lowest BCUT2D eigenvalue weighted by Crippen LogP contribution is -1.84. The second-order valence-corrected chi connectivity index (χ2v) is 6.25. The highest BCUT2D eigenvalue weighted by molar-refractivity contribution is 7.98. The maximum atomic E-state index is 10.4.